The van der Waals surface area contributed by atoms with Crippen molar-refractivity contribution in [2.24, 2.45) is 5.92 Å². The molecule has 1 rings (SSSR count). The lowest BCUT2D eigenvalue weighted by Crippen LogP contribution is -2.32. The maximum absolute atomic E-state index is 12.1. The van der Waals surface area contributed by atoms with Crippen molar-refractivity contribution >= 4 is 21.8 Å². The van der Waals surface area contributed by atoms with Crippen LogP contribution in [0.1, 0.15) is 24.2 Å². The minimum Gasteiger partial charge on any atom is -0.480 e. The first-order valence-electron chi connectivity index (χ1n) is 5.98. The average molecular weight is 299 g/mol. The lowest BCUT2D eigenvalue weighted by molar-refractivity contribution is -0.137. The topological polar surface area (TPSA) is 91.8 Å². The van der Waals surface area contributed by atoms with Gasteiger partial charge in [0.25, 0.3) is 0 Å². The average Bonchev–Trinajstić information content (AvgIpc) is 2.37. The molecule has 6 nitrogen and oxygen atoms in total. The quantitative estimate of drug-likeness (QED) is 0.798. The van der Waals surface area contributed by atoms with Crippen LogP contribution in [0.3, 0.4) is 0 Å². The van der Waals surface area contributed by atoms with E-state index in [0.29, 0.717) is 5.56 Å². The van der Waals surface area contributed by atoms with Gasteiger partial charge in [0.15, 0.2) is 5.78 Å². The summed E-state index contributed by atoms with van der Waals surface area (Å²) in [4.78, 5) is 22.3. The molecule has 7 heteroatoms. The van der Waals surface area contributed by atoms with Gasteiger partial charge < -0.3 is 5.11 Å². The van der Waals surface area contributed by atoms with Crippen LogP contribution in [0.2, 0.25) is 0 Å². The number of sulfonamides is 1. The molecule has 110 valence electrons. The number of aliphatic carboxylic acids is 1. The summed E-state index contributed by atoms with van der Waals surface area (Å²) in [6, 6.07) is 5.49. The summed E-state index contributed by atoms with van der Waals surface area (Å²) in [5.74, 6) is -1.48. The first-order chi connectivity index (χ1) is 9.16. The number of carboxylic acid groups (broad SMARTS) is 1. The molecule has 20 heavy (non-hydrogen) atoms. The van der Waals surface area contributed by atoms with Gasteiger partial charge in [0.05, 0.1) is 4.90 Å². The van der Waals surface area contributed by atoms with Crippen LogP contribution in [-0.2, 0) is 14.8 Å². The maximum atomic E-state index is 12.1. The standard InChI is InChI=1S/C13H17NO5S/c1-9(2)13(17)10-4-6-11(7-5-10)20(18,19)14(3)8-12(15)16/h4-7,9H,8H2,1-3H3,(H,15,16). The van der Waals surface area contributed by atoms with Crippen LogP contribution in [-0.4, -0.2) is 43.2 Å². The maximum Gasteiger partial charge on any atom is 0.318 e. The van der Waals surface area contributed by atoms with Crippen molar-refractivity contribution in [1.29, 1.82) is 0 Å². The monoisotopic (exact) mass is 299 g/mol. The third-order valence-corrected chi connectivity index (χ3v) is 4.55. The Balaban J connectivity index is 3.04. The number of rotatable bonds is 6. The molecular formula is C13H17NO5S. The molecule has 0 bridgehead atoms. The fraction of sp³-hybridized carbons (Fsp3) is 0.385. The molecule has 0 atom stereocenters. The van der Waals surface area contributed by atoms with Crippen molar-refractivity contribution in [1.82, 2.24) is 4.31 Å². The van der Waals surface area contributed by atoms with Gasteiger partial charge in [-0.15, -0.1) is 0 Å². The Morgan fingerprint density at radius 3 is 2.10 bits per heavy atom. The molecule has 1 aromatic rings. The van der Waals surface area contributed by atoms with Crippen LogP contribution in [0.4, 0.5) is 0 Å². The molecule has 0 saturated carbocycles. The first kappa shape index (κ1) is 16.3. The van der Waals surface area contributed by atoms with Crippen molar-refractivity contribution in [2.75, 3.05) is 13.6 Å². The fourth-order valence-corrected chi connectivity index (χ4v) is 2.70. The Labute approximate surface area is 118 Å². The van der Waals surface area contributed by atoms with E-state index >= 15 is 0 Å². The van der Waals surface area contributed by atoms with E-state index in [2.05, 4.69) is 0 Å². The van der Waals surface area contributed by atoms with Gasteiger partial charge in [-0.1, -0.05) is 26.0 Å². The van der Waals surface area contributed by atoms with Gasteiger partial charge in [-0.3, -0.25) is 9.59 Å². The van der Waals surface area contributed by atoms with Gasteiger partial charge in [0.2, 0.25) is 10.0 Å². The third kappa shape index (κ3) is 3.64. The number of carboxylic acids is 1. The Hall–Kier alpha value is -1.73. The zero-order valence-electron chi connectivity index (χ0n) is 11.5. The highest BCUT2D eigenvalue weighted by molar-refractivity contribution is 7.89. The van der Waals surface area contributed by atoms with Gasteiger partial charge in [-0.25, -0.2) is 8.42 Å². The molecule has 0 aliphatic heterocycles. The van der Waals surface area contributed by atoms with Gasteiger partial charge in [0.1, 0.15) is 6.54 Å². The van der Waals surface area contributed by atoms with E-state index in [9.17, 15) is 18.0 Å². The van der Waals surface area contributed by atoms with Gasteiger partial charge in [-0.05, 0) is 12.1 Å². The molecule has 1 aromatic carbocycles. The molecule has 0 amide bonds. The van der Waals surface area contributed by atoms with E-state index in [0.717, 1.165) is 4.31 Å². The smallest absolute Gasteiger partial charge is 0.318 e. The van der Waals surface area contributed by atoms with Crippen molar-refractivity contribution < 1.29 is 23.1 Å². The first-order valence-corrected chi connectivity index (χ1v) is 7.42. The molecule has 0 aromatic heterocycles. The van der Waals surface area contributed by atoms with Gasteiger partial charge >= 0.3 is 5.97 Å². The summed E-state index contributed by atoms with van der Waals surface area (Å²) < 4.78 is 24.9. The van der Waals surface area contributed by atoms with Gasteiger partial charge in [-0.2, -0.15) is 4.31 Å². The molecular weight excluding hydrogens is 282 g/mol. The molecule has 1 N–H and O–H groups in total. The largest absolute Gasteiger partial charge is 0.480 e. The van der Waals surface area contributed by atoms with Crippen molar-refractivity contribution in [3.05, 3.63) is 29.8 Å². The number of hydrogen-bond donors (Lipinski definition) is 1. The molecule has 0 heterocycles. The van der Waals surface area contributed by atoms with E-state index in [-0.39, 0.29) is 16.6 Å². The number of carbonyl (C=O) groups excluding carboxylic acids is 1. The zero-order valence-corrected chi connectivity index (χ0v) is 12.3. The summed E-state index contributed by atoms with van der Waals surface area (Å²) >= 11 is 0. The van der Waals surface area contributed by atoms with Crippen molar-refractivity contribution in [3.8, 4) is 0 Å². The Morgan fingerprint density at radius 2 is 1.70 bits per heavy atom. The third-order valence-electron chi connectivity index (χ3n) is 2.73. The molecule has 0 aliphatic rings. The number of carbonyl (C=O) groups is 2. The molecule has 0 unspecified atom stereocenters. The van der Waals surface area contributed by atoms with Crippen LogP contribution in [0.15, 0.2) is 29.2 Å². The molecule has 0 radical (unpaired) electrons. The number of hydrogen-bond acceptors (Lipinski definition) is 4. The number of likely N-dealkylation sites (N-methyl/N-ethyl adjacent to an activating group) is 1. The predicted octanol–water partition coefficient (Wildman–Crippen LogP) is 1.23. The Bertz CT molecular complexity index is 604. The van der Waals surface area contributed by atoms with Crippen molar-refractivity contribution in [2.45, 2.75) is 18.7 Å². The normalized spacial score (nSPS) is 11.8. The number of nitrogens with zero attached hydrogens (tertiary/aromatic N) is 1. The summed E-state index contributed by atoms with van der Waals surface area (Å²) in [5.41, 5.74) is 0.430. The zero-order chi connectivity index (χ0) is 15.5. The fourth-order valence-electron chi connectivity index (χ4n) is 1.58. The van der Waals surface area contributed by atoms with Crippen molar-refractivity contribution in [3.63, 3.8) is 0 Å². The highest BCUT2D eigenvalue weighted by atomic mass is 32.2. The Kier molecular flexibility index (Phi) is 5.02. The Morgan fingerprint density at radius 1 is 1.20 bits per heavy atom. The van der Waals surface area contributed by atoms with Crippen LogP contribution in [0.5, 0.6) is 0 Å². The molecule has 0 fully saturated rings. The van der Waals surface area contributed by atoms with Crippen LogP contribution in [0, 0.1) is 5.92 Å². The van der Waals surface area contributed by atoms with Crippen LogP contribution in [0.25, 0.3) is 0 Å². The highest BCUT2D eigenvalue weighted by Crippen LogP contribution is 2.16. The number of ketones is 1. The number of Topliss-reactive ketones (excluding diaryl/α,β-unsaturated/α-hetero) is 1. The summed E-state index contributed by atoms with van der Waals surface area (Å²) in [7, 11) is -2.66. The van der Waals surface area contributed by atoms with E-state index in [1.165, 1.54) is 31.3 Å². The summed E-state index contributed by atoms with van der Waals surface area (Å²) in [6.45, 7) is 2.90. The van der Waals surface area contributed by atoms with Crippen LogP contribution < -0.4 is 0 Å². The molecule has 0 spiro atoms. The molecule has 0 saturated heterocycles. The van der Waals surface area contributed by atoms with E-state index in [1.807, 2.05) is 0 Å². The minimum atomic E-state index is -3.86. The van der Waals surface area contributed by atoms with E-state index in [4.69, 9.17) is 5.11 Å². The summed E-state index contributed by atoms with van der Waals surface area (Å²) in [6.07, 6.45) is 0. The predicted molar refractivity (Wildman–Crippen MR) is 73.1 cm³/mol. The summed E-state index contributed by atoms with van der Waals surface area (Å²) in [5, 5.41) is 8.62. The van der Waals surface area contributed by atoms with Crippen LogP contribution >= 0.6 is 0 Å². The second-order valence-corrected chi connectivity index (χ2v) is 6.74. The second-order valence-electron chi connectivity index (χ2n) is 4.70. The number of benzene rings is 1. The van der Waals surface area contributed by atoms with E-state index < -0.39 is 22.5 Å². The molecule has 0 aliphatic carbocycles. The second kappa shape index (κ2) is 6.15. The van der Waals surface area contributed by atoms with E-state index in [1.54, 1.807) is 13.8 Å². The SMILES string of the molecule is CC(C)C(=O)c1ccc(S(=O)(=O)N(C)CC(=O)O)cc1. The highest BCUT2D eigenvalue weighted by Gasteiger charge is 2.23. The minimum absolute atomic E-state index is 0.0402. The van der Waals surface area contributed by atoms with Gasteiger partial charge in [0, 0.05) is 18.5 Å². The lowest BCUT2D eigenvalue weighted by atomic mass is 10.0. The lowest BCUT2D eigenvalue weighted by Gasteiger charge is -2.15.